The van der Waals surface area contributed by atoms with E-state index in [4.69, 9.17) is 20.2 Å². The lowest BCUT2D eigenvalue weighted by molar-refractivity contribution is -0.173. The van der Waals surface area contributed by atoms with Crippen LogP contribution in [-0.4, -0.2) is 87.1 Å². The maximum absolute atomic E-state index is 15.1. The van der Waals surface area contributed by atoms with E-state index < -0.39 is 17.3 Å². The van der Waals surface area contributed by atoms with Crippen molar-refractivity contribution in [2.75, 3.05) is 25.9 Å². The smallest absolute Gasteiger partial charge is 0.303 e. The molecule has 17 aliphatic rings. The first kappa shape index (κ1) is 59.2. The third kappa shape index (κ3) is 9.16. The maximum Gasteiger partial charge on any atom is 0.303 e. The normalized spacial score (nSPS) is 44.7. The molecule has 0 unspecified atom stereocenters. The minimum Gasteiger partial charge on any atom is -0.504 e. The minimum atomic E-state index is -0.838. The Morgan fingerprint density at radius 3 is 2.55 bits per heavy atom. The number of allylic oxidation sites excluding steroid dienone is 1. The highest BCUT2D eigenvalue weighted by Gasteiger charge is 2.73. The quantitative estimate of drug-likeness (QED) is 0.0862. The summed E-state index contributed by atoms with van der Waals surface area (Å²) >= 11 is 0. The number of aryl methyl sites for hydroxylation is 1. The number of ether oxygens (including phenoxy) is 2. The molecule has 1 amide bonds. The topological polar surface area (TPSA) is 159 Å². The second-order valence-electron chi connectivity index (χ2n) is 32.3. The van der Waals surface area contributed by atoms with Crippen LogP contribution in [0.15, 0.2) is 53.5 Å². The summed E-state index contributed by atoms with van der Waals surface area (Å²) in [6.07, 6.45) is 37.1. The lowest BCUT2D eigenvalue weighted by Gasteiger charge is -2.60. The van der Waals surface area contributed by atoms with Gasteiger partial charge in [-0.2, -0.15) is 0 Å². The number of guanidine groups is 1. The van der Waals surface area contributed by atoms with Gasteiger partial charge in [-0.05, 0) is 249 Å². The third-order valence-electron chi connectivity index (χ3n) is 29.0. The molecule has 13 heteroatoms. The zero-order chi connectivity index (χ0) is 59.9. The van der Waals surface area contributed by atoms with Gasteiger partial charge in [0.05, 0.1) is 6.10 Å². The summed E-state index contributed by atoms with van der Waals surface area (Å²) in [5.74, 6) is 13.0. The Labute approximate surface area is 533 Å². The van der Waals surface area contributed by atoms with E-state index in [-0.39, 0.29) is 74.4 Å². The minimum absolute atomic E-state index is 0.0784. The summed E-state index contributed by atoms with van der Waals surface area (Å²) in [5, 5.41) is 33.9. The number of aromatic hydroxyl groups is 1. The van der Waals surface area contributed by atoms with Crippen molar-refractivity contribution in [3.63, 3.8) is 0 Å². The number of amides is 1. The molecular weight excluding hydrogens is 1130 g/mol. The summed E-state index contributed by atoms with van der Waals surface area (Å²) in [5.41, 5.74) is 10.8. The van der Waals surface area contributed by atoms with Crippen molar-refractivity contribution in [2.24, 2.45) is 79.2 Å². The van der Waals surface area contributed by atoms with E-state index in [1.54, 1.807) is 6.92 Å². The van der Waals surface area contributed by atoms with Crippen molar-refractivity contribution >= 4 is 39.4 Å². The molecule has 474 valence electrons. The van der Waals surface area contributed by atoms with Gasteiger partial charge in [0.2, 0.25) is 5.91 Å². The van der Waals surface area contributed by atoms with Crippen LogP contribution in [0.3, 0.4) is 0 Å². The molecule has 11 nitrogen and oxygen atoms in total. The Hall–Kier alpha value is -3.83. The van der Waals surface area contributed by atoms with Gasteiger partial charge >= 0.3 is 5.97 Å². The van der Waals surface area contributed by atoms with Gasteiger partial charge in [-0.25, -0.2) is 0 Å². The number of phenols is 1. The van der Waals surface area contributed by atoms with Crippen LogP contribution in [0.1, 0.15) is 234 Å². The first-order chi connectivity index (χ1) is 42.7. The average molecular weight is 1230 g/mol. The van der Waals surface area contributed by atoms with Gasteiger partial charge in [-0.15, -0.1) is 5.92 Å². The second-order valence-corrected chi connectivity index (χ2v) is 34.9. The Morgan fingerprint density at radius 2 is 1.70 bits per heavy atom. The van der Waals surface area contributed by atoms with E-state index in [0.29, 0.717) is 91.5 Å². The molecule has 18 atom stereocenters. The number of aliphatic imine (C=N–C) groups is 1. The number of aliphatic hydroxyl groups is 1. The van der Waals surface area contributed by atoms with Gasteiger partial charge < -0.3 is 41.0 Å². The standard InChI is InChI=1S/C75H101N5O6S2/c1-48(81)85-70-31-22-51-37-55(65(84)66-64(51)52-23-33-73(86-66)28-9-14-56(73)38-52)45-80-47-71(43-63(80)83)57(18-19-60(71)50-12-4-3-5-13-50)44-78-67(76)79-75(29-10-27-68(75)25-6-7-26-68)88-87-46-58-17-16-53(59(24-32-70)62(82)42-70)41-72(58)36-35-69-30-21-54(40-69)61(77-2)15-8-11-49-20-34-74(69,72)39-49/h3-5,12-13,23,33,37,49,52-54,56-62,77,82,84H,6-7,9-10,14-22,24-32,34-36,38-47H2,1-2H3,(H3,76,78,79)/t49-,52+,53-,54-,56-,57-,58+,59-,60-,61+,62-,69-,70+,71+,72-,73-,74-,75+/m1/s1. The van der Waals surface area contributed by atoms with E-state index in [9.17, 15) is 15.0 Å². The highest BCUT2D eigenvalue weighted by atomic mass is 33.1. The molecule has 10 fully saturated rings. The molecule has 2 aromatic carbocycles. The number of fused-ring (bicyclic) bond motifs is 4. The summed E-state index contributed by atoms with van der Waals surface area (Å²) in [6.45, 7) is 2.98. The van der Waals surface area contributed by atoms with E-state index in [1.165, 1.54) is 108 Å². The Morgan fingerprint density at radius 1 is 0.852 bits per heavy atom. The molecule has 6 N–H and O–H groups in total. The summed E-state index contributed by atoms with van der Waals surface area (Å²) < 4.78 is 14.0. The summed E-state index contributed by atoms with van der Waals surface area (Å²) in [4.78, 5) is 36.0. The number of phenolic OH excluding ortho intramolecular Hbond substituents is 1. The highest BCUT2D eigenvalue weighted by molar-refractivity contribution is 8.77. The predicted molar refractivity (Wildman–Crippen MR) is 350 cm³/mol. The number of carbonyl (C=O) groups is 2. The number of benzene rings is 2. The number of nitrogens with two attached hydrogens (primary N) is 1. The van der Waals surface area contributed by atoms with Crippen LogP contribution in [0.25, 0.3) is 0 Å². The number of hydrogen-bond acceptors (Lipinski definition) is 12. The van der Waals surface area contributed by atoms with Gasteiger partial charge in [0.25, 0.3) is 0 Å². The molecular formula is C75H101N5O6S2. The fourth-order valence-electron chi connectivity index (χ4n) is 25.1. The summed E-state index contributed by atoms with van der Waals surface area (Å²) in [7, 11) is 6.51. The fourth-order valence-corrected chi connectivity index (χ4v) is 29.1. The highest BCUT2D eigenvalue weighted by Crippen LogP contribution is 2.81. The van der Waals surface area contributed by atoms with E-state index in [0.717, 1.165) is 93.1 Å². The number of nitrogens with one attached hydrogen (secondary N) is 2. The van der Waals surface area contributed by atoms with Crippen molar-refractivity contribution < 1.29 is 29.3 Å². The maximum atomic E-state index is 15.1. The molecule has 9 saturated carbocycles. The number of esters is 1. The van der Waals surface area contributed by atoms with Crippen molar-refractivity contribution in [2.45, 2.75) is 253 Å². The summed E-state index contributed by atoms with van der Waals surface area (Å²) in [6, 6.07) is 13.6. The largest absolute Gasteiger partial charge is 0.504 e. The van der Waals surface area contributed by atoms with E-state index in [2.05, 4.69) is 99.7 Å². The van der Waals surface area contributed by atoms with Crippen LogP contribution in [0.4, 0.5) is 0 Å². The molecule has 0 radical (unpaired) electrons. The van der Waals surface area contributed by atoms with Crippen LogP contribution >= 0.6 is 21.6 Å². The van der Waals surface area contributed by atoms with Crippen LogP contribution in [0.2, 0.25) is 0 Å². The average Bonchev–Trinajstić information content (AvgIpc) is 1.51. The lowest BCUT2D eigenvalue weighted by Crippen LogP contribution is -2.56. The Bertz CT molecular complexity index is 3190. The molecule has 14 bridgehead atoms. The fraction of sp³-hybridized carbons (Fsp3) is 0.747. The van der Waals surface area contributed by atoms with Crippen molar-refractivity contribution in [1.82, 2.24) is 15.5 Å². The van der Waals surface area contributed by atoms with Crippen molar-refractivity contribution in [1.29, 1.82) is 0 Å². The zero-order valence-electron chi connectivity index (χ0n) is 53.0. The molecule has 11 aliphatic carbocycles. The number of hydrogen-bond donors (Lipinski definition) is 5. The monoisotopic (exact) mass is 1230 g/mol. The van der Waals surface area contributed by atoms with Crippen LogP contribution < -0.4 is 21.1 Å². The number of rotatable bonds is 3. The van der Waals surface area contributed by atoms with Gasteiger partial charge in [-0.3, -0.25) is 14.6 Å². The second kappa shape index (κ2) is 22.2. The first-order valence-electron chi connectivity index (χ1n) is 35.7. The molecule has 88 heavy (non-hydrogen) atoms. The molecule has 6 aliphatic heterocycles. The Balaban J connectivity index is 0.801. The molecule has 1 saturated heterocycles. The van der Waals surface area contributed by atoms with Crippen LogP contribution in [0.5, 0.6) is 11.5 Å². The lowest BCUT2D eigenvalue weighted by atomic mass is 9.45. The first-order valence-corrected chi connectivity index (χ1v) is 38.0. The molecule has 19 rings (SSSR count). The predicted octanol–water partition coefficient (Wildman–Crippen LogP) is 14.2. The van der Waals surface area contributed by atoms with Gasteiger partial charge in [0.15, 0.2) is 17.5 Å². The molecule has 6 heterocycles. The van der Waals surface area contributed by atoms with Crippen molar-refractivity contribution in [3.05, 3.63) is 70.8 Å². The van der Waals surface area contributed by atoms with Gasteiger partial charge in [0.1, 0.15) is 16.1 Å². The van der Waals surface area contributed by atoms with Crippen LogP contribution in [0, 0.1) is 80.3 Å². The number of aliphatic hydroxyl groups excluding tert-OH is 1. The van der Waals surface area contributed by atoms with Crippen LogP contribution in [-0.2, 0) is 27.3 Å². The molecule has 7 spiro atoms. The van der Waals surface area contributed by atoms with E-state index in [1.807, 2.05) is 4.90 Å². The van der Waals surface area contributed by atoms with E-state index >= 15 is 4.79 Å². The molecule has 2 aromatic rings. The third-order valence-corrected chi connectivity index (χ3v) is 32.3. The van der Waals surface area contributed by atoms with Crippen molar-refractivity contribution in [3.8, 4) is 23.3 Å². The number of carbonyl (C=O) groups excluding carboxylic acids is 2. The van der Waals surface area contributed by atoms with Gasteiger partial charge in [-0.1, -0.05) is 76.8 Å². The Kier molecular flexibility index (Phi) is 14.9. The zero-order valence-corrected chi connectivity index (χ0v) is 54.7. The SMILES string of the molecule is CN[C@H]1CC#C[C@@H]2CC[C@@]3(C2)[C@]2(CC[C@@H]1C2)CC[C@]31C[C@H]2CC[C@H]1CSS[C@]1(CCCC13CCCC3)NC(N)=NC[C@H]1CC[C@H](c3ccccc3)[C@]13CC(=O)N(Cc1cc(c4c(c1O)O[C@]15C=C[C@H]4C[C@H]1CCC5)CC[C@]1(OC(C)=O)CC[C@H]2[C@H](O)C1)C3. The number of nitrogens with zero attached hydrogens (tertiary/aromatic N) is 2. The molecule has 0 aromatic heterocycles. The van der Waals surface area contributed by atoms with Gasteiger partial charge in [0, 0.05) is 97.3 Å².